The van der Waals surface area contributed by atoms with Gasteiger partial charge in [0.15, 0.2) is 0 Å². The molecule has 0 saturated carbocycles. The SMILES string of the molecule is CC(N[C@@H]1CN(Cc2ccccc2)CC[C@H]1O)c1ccccc1. The van der Waals surface area contributed by atoms with Crippen LogP contribution in [0.5, 0.6) is 0 Å². The molecule has 3 nitrogen and oxygen atoms in total. The van der Waals surface area contributed by atoms with Gasteiger partial charge in [0.05, 0.1) is 6.10 Å². The predicted octanol–water partition coefficient (Wildman–Crippen LogP) is 2.97. The summed E-state index contributed by atoms with van der Waals surface area (Å²) in [6.07, 6.45) is 0.555. The number of benzene rings is 2. The number of piperidine rings is 1. The summed E-state index contributed by atoms with van der Waals surface area (Å²) in [5, 5.41) is 14.0. The van der Waals surface area contributed by atoms with E-state index in [4.69, 9.17) is 0 Å². The van der Waals surface area contributed by atoms with E-state index in [2.05, 4.69) is 71.7 Å². The Kier molecular flexibility index (Phi) is 5.44. The number of hydrogen-bond donors (Lipinski definition) is 2. The number of nitrogens with one attached hydrogen (secondary N) is 1. The third kappa shape index (κ3) is 4.41. The zero-order valence-corrected chi connectivity index (χ0v) is 13.7. The van der Waals surface area contributed by atoms with Gasteiger partial charge in [0.25, 0.3) is 0 Å². The van der Waals surface area contributed by atoms with Gasteiger partial charge >= 0.3 is 0 Å². The van der Waals surface area contributed by atoms with Gasteiger partial charge in [-0.1, -0.05) is 60.7 Å². The minimum absolute atomic E-state index is 0.114. The molecule has 1 heterocycles. The summed E-state index contributed by atoms with van der Waals surface area (Å²) in [5.41, 5.74) is 2.60. The van der Waals surface area contributed by atoms with E-state index in [9.17, 15) is 5.11 Å². The molecule has 1 aliphatic rings. The van der Waals surface area contributed by atoms with Gasteiger partial charge in [0, 0.05) is 31.7 Å². The average Bonchev–Trinajstić information content (AvgIpc) is 2.59. The highest BCUT2D eigenvalue weighted by Crippen LogP contribution is 2.18. The van der Waals surface area contributed by atoms with E-state index < -0.39 is 0 Å². The van der Waals surface area contributed by atoms with E-state index >= 15 is 0 Å². The Morgan fingerprint density at radius 2 is 1.74 bits per heavy atom. The van der Waals surface area contributed by atoms with Crippen LogP contribution in [0.4, 0.5) is 0 Å². The lowest BCUT2D eigenvalue weighted by Crippen LogP contribution is -2.53. The number of hydrogen-bond acceptors (Lipinski definition) is 3. The van der Waals surface area contributed by atoms with Gasteiger partial charge in [-0.05, 0) is 24.5 Å². The van der Waals surface area contributed by atoms with E-state index in [0.717, 1.165) is 26.1 Å². The van der Waals surface area contributed by atoms with Crippen molar-refractivity contribution in [2.75, 3.05) is 13.1 Å². The number of likely N-dealkylation sites (tertiary alicyclic amines) is 1. The monoisotopic (exact) mass is 310 g/mol. The van der Waals surface area contributed by atoms with Crippen LogP contribution in [-0.2, 0) is 6.54 Å². The molecule has 2 N–H and O–H groups in total. The van der Waals surface area contributed by atoms with E-state index in [1.165, 1.54) is 11.1 Å². The highest BCUT2D eigenvalue weighted by atomic mass is 16.3. The lowest BCUT2D eigenvalue weighted by Gasteiger charge is -2.38. The standard InChI is InChI=1S/C20H26N2O/c1-16(18-10-6-3-7-11-18)21-19-15-22(13-12-20(19)23)14-17-8-4-2-5-9-17/h2-11,16,19-21,23H,12-15H2,1H3/t16?,19-,20-/m1/s1. The Morgan fingerprint density at radius 1 is 1.09 bits per heavy atom. The highest BCUT2D eigenvalue weighted by Gasteiger charge is 2.28. The second kappa shape index (κ2) is 7.73. The smallest absolute Gasteiger partial charge is 0.0718 e. The van der Waals surface area contributed by atoms with Crippen molar-refractivity contribution in [1.82, 2.24) is 10.2 Å². The molecule has 23 heavy (non-hydrogen) atoms. The van der Waals surface area contributed by atoms with Crippen molar-refractivity contribution in [1.29, 1.82) is 0 Å². The van der Waals surface area contributed by atoms with Gasteiger partial charge in [-0.15, -0.1) is 0 Å². The molecule has 1 aliphatic heterocycles. The first-order chi connectivity index (χ1) is 11.2. The maximum Gasteiger partial charge on any atom is 0.0718 e. The Morgan fingerprint density at radius 3 is 2.43 bits per heavy atom. The first-order valence-electron chi connectivity index (χ1n) is 8.48. The van der Waals surface area contributed by atoms with Crippen LogP contribution in [0.3, 0.4) is 0 Å². The molecular weight excluding hydrogens is 284 g/mol. The molecule has 0 bridgehead atoms. The molecule has 0 aliphatic carbocycles. The van der Waals surface area contributed by atoms with Gasteiger partial charge in [-0.3, -0.25) is 4.90 Å². The molecule has 122 valence electrons. The quantitative estimate of drug-likeness (QED) is 0.891. The molecule has 0 radical (unpaired) electrons. The van der Waals surface area contributed by atoms with Crippen molar-refractivity contribution in [2.45, 2.75) is 38.1 Å². The molecule has 0 amide bonds. The lowest BCUT2D eigenvalue weighted by atomic mass is 9.99. The van der Waals surface area contributed by atoms with E-state index in [-0.39, 0.29) is 18.2 Å². The Labute approximate surface area is 139 Å². The van der Waals surface area contributed by atoms with Crippen LogP contribution in [0.2, 0.25) is 0 Å². The highest BCUT2D eigenvalue weighted by molar-refractivity contribution is 5.18. The van der Waals surface area contributed by atoms with Gasteiger partial charge in [-0.25, -0.2) is 0 Å². The molecule has 3 atom stereocenters. The van der Waals surface area contributed by atoms with Crippen LogP contribution < -0.4 is 5.32 Å². The first-order valence-corrected chi connectivity index (χ1v) is 8.48. The molecule has 0 aromatic heterocycles. The third-order valence-corrected chi connectivity index (χ3v) is 4.67. The Balaban J connectivity index is 1.60. The average molecular weight is 310 g/mol. The minimum atomic E-state index is -0.270. The summed E-state index contributed by atoms with van der Waals surface area (Å²) in [4.78, 5) is 2.43. The molecule has 1 fully saturated rings. The van der Waals surface area contributed by atoms with Gasteiger partial charge in [-0.2, -0.15) is 0 Å². The normalized spacial score (nSPS) is 23.6. The second-order valence-electron chi connectivity index (χ2n) is 6.48. The van der Waals surface area contributed by atoms with Crippen molar-refractivity contribution in [3.05, 3.63) is 71.8 Å². The summed E-state index contributed by atoms with van der Waals surface area (Å²) >= 11 is 0. The maximum atomic E-state index is 10.4. The number of aliphatic hydroxyl groups is 1. The molecule has 3 rings (SSSR count). The van der Waals surface area contributed by atoms with Crippen molar-refractivity contribution >= 4 is 0 Å². The molecule has 1 unspecified atom stereocenters. The third-order valence-electron chi connectivity index (χ3n) is 4.67. The van der Waals surface area contributed by atoms with Crippen molar-refractivity contribution in [3.63, 3.8) is 0 Å². The molecular formula is C20H26N2O. The topological polar surface area (TPSA) is 35.5 Å². The lowest BCUT2D eigenvalue weighted by molar-refractivity contribution is 0.0404. The Bertz CT molecular complexity index is 587. The van der Waals surface area contributed by atoms with Crippen molar-refractivity contribution < 1.29 is 5.11 Å². The number of nitrogens with zero attached hydrogens (tertiary/aromatic N) is 1. The minimum Gasteiger partial charge on any atom is -0.391 e. The molecule has 3 heteroatoms. The molecule has 1 saturated heterocycles. The molecule has 2 aromatic rings. The Hall–Kier alpha value is -1.68. The number of rotatable bonds is 5. The molecule has 2 aromatic carbocycles. The fraction of sp³-hybridized carbons (Fsp3) is 0.400. The van der Waals surface area contributed by atoms with Gasteiger partial charge in [0.2, 0.25) is 0 Å². The van der Waals surface area contributed by atoms with Crippen LogP contribution >= 0.6 is 0 Å². The van der Waals surface area contributed by atoms with E-state index in [0.29, 0.717) is 0 Å². The van der Waals surface area contributed by atoms with Crippen molar-refractivity contribution in [3.8, 4) is 0 Å². The summed E-state index contributed by atoms with van der Waals surface area (Å²) in [5.74, 6) is 0. The summed E-state index contributed by atoms with van der Waals surface area (Å²) in [7, 11) is 0. The maximum absolute atomic E-state index is 10.4. The van der Waals surface area contributed by atoms with Crippen LogP contribution in [0, 0.1) is 0 Å². The van der Waals surface area contributed by atoms with Crippen molar-refractivity contribution in [2.24, 2.45) is 0 Å². The number of aliphatic hydroxyl groups excluding tert-OH is 1. The fourth-order valence-corrected chi connectivity index (χ4v) is 3.32. The largest absolute Gasteiger partial charge is 0.391 e. The molecule has 0 spiro atoms. The van der Waals surface area contributed by atoms with Crippen LogP contribution in [0.1, 0.15) is 30.5 Å². The first kappa shape index (κ1) is 16.2. The summed E-state index contributed by atoms with van der Waals surface area (Å²) in [6, 6.07) is 21.3. The predicted molar refractivity (Wildman–Crippen MR) is 94.1 cm³/mol. The van der Waals surface area contributed by atoms with Crippen LogP contribution in [0.25, 0.3) is 0 Å². The second-order valence-corrected chi connectivity index (χ2v) is 6.48. The van der Waals surface area contributed by atoms with E-state index in [1.54, 1.807) is 0 Å². The zero-order valence-electron chi connectivity index (χ0n) is 13.7. The van der Waals surface area contributed by atoms with Gasteiger partial charge in [0.1, 0.15) is 0 Å². The van der Waals surface area contributed by atoms with Crippen LogP contribution in [0.15, 0.2) is 60.7 Å². The van der Waals surface area contributed by atoms with E-state index in [1.807, 2.05) is 6.07 Å². The van der Waals surface area contributed by atoms with Crippen LogP contribution in [-0.4, -0.2) is 35.2 Å². The van der Waals surface area contributed by atoms with Gasteiger partial charge < -0.3 is 10.4 Å². The fourth-order valence-electron chi connectivity index (χ4n) is 3.32. The summed E-state index contributed by atoms with van der Waals surface area (Å²) in [6.45, 7) is 4.95. The summed E-state index contributed by atoms with van der Waals surface area (Å²) < 4.78 is 0. The zero-order chi connectivity index (χ0) is 16.1.